The highest BCUT2D eigenvalue weighted by molar-refractivity contribution is 14.0. The highest BCUT2D eigenvalue weighted by atomic mass is 127. The van der Waals surface area contributed by atoms with Gasteiger partial charge in [-0.05, 0) is 64.1 Å². The van der Waals surface area contributed by atoms with Crippen LogP contribution >= 0.6 is 24.0 Å². The van der Waals surface area contributed by atoms with Crippen LogP contribution in [0.5, 0.6) is 0 Å². The van der Waals surface area contributed by atoms with Crippen LogP contribution in [0.1, 0.15) is 39.2 Å². The number of hydrogen-bond donors (Lipinski definition) is 1. The molecule has 0 aromatic heterocycles. The van der Waals surface area contributed by atoms with Gasteiger partial charge in [-0.1, -0.05) is 18.2 Å². The van der Waals surface area contributed by atoms with Gasteiger partial charge in [0.15, 0.2) is 5.96 Å². The summed E-state index contributed by atoms with van der Waals surface area (Å²) in [6, 6.07) is 9.37. The van der Waals surface area contributed by atoms with E-state index < -0.39 is 0 Å². The first-order valence-corrected chi connectivity index (χ1v) is 9.56. The van der Waals surface area contributed by atoms with Gasteiger partial charge in [0, 0.05) is 37.9 Å². The maximum absolute atomic E-state index is 5.02. The minimum absolute atomic E-state index is 0. The van der Waals surface area contributed by atoms with Crippen LogP contribution in [0.4, 0.5) is 5.69 Å². The Morgan fingerprint density at radius 1 is 1.28 bits per heavy atom. The number of piperidine rings is 1. The third-order valence-corrected chi connectivity index (χ3v) is 5.26. The van der Waals surface area contributed by atoms with E-state index in [1.807, 2.05) is 0 Å². The second kappa shape index (κ2) is 9.76. The first kappa shape index (κ1) is 20.5. The van der Waals surface area contributed by atoms with Crippen LogP contribution in [0.25, 0.3) is 0 Å². The van der Waals surface area contributed by atoms with Crippen LogP contribution in [0.3, 0.4) is 0 Å². The predicted molar refractivity (Wildman–Crippen MR) is 118 cm³/mol. The Hall–Kier alpha value is -0.820. The largest absolute Gasteiger partial charge is 0.356 e. The number of benzene rings is 1. The third-order valence-electron chi connectivity index (χ3n) is 5.26. The number of rotatable bonds is 4. The number of para-hydroxylation sites is 1. The molecule has 3 rings (SSSR count). The molecule has 1 saturated heterocycles. The Morgan fingerprint density at radius 2 is 2.08 bits per heavy atom. The van der Waals surface area contributed by atoms with Crippen molar-refractivity contribution in [1.82, 2.24) is 10.2 Å². The fourth-order valence-corrected chi connectivity index (χ4v) is 3.88. The number of hydrogen-bond acceptors (Lipinski definition) is 2. The molecule has 1 aromatic rings. The highest BCUT2D eigenvalue weighted by Gasteiger charge is 2.24. The van der Waals surface area contributed by atoms with Crippen molar-refractivity contribution in [1.29, 1.82) is 0 Å². The van der Waals surface area contributed by atoms with Gasteiger partial charge in [-0.15, -0.1) is 24.0 Å². The van der Waals surface area contributed by atoms with E-state index in [0.717, 1.165) is 32.0 Å². The molecule has 0 aliphatic carbocycles. The molecule has 140 valence electrons. The zero-order valence-corrected chi connectivity index (χ0v) is 18.2. The average Bonchev–Trinajstić information content (AvgIpc) is 3.03. The predicted octanol–water partition coefficient (Wildman–Crippen LogP) is 3.75. The van der Waals surface area contributed by atoms with E-state index in [-0.39, 0.29) is 24.0 Å². The minimum Gasteiger partial charge on any atom is -0.356 e. The molecule has 2 aliphatic rings. The van der Waals surface area contributed by atoms with E-state index in [1.54, 1.807) is 0 Å². The number of nitrogens with zero attached hydrogens (tertiary/aromatic N) is 3. The number of guanidine groups is 1. The van der Waals surface area contributed by atoms with Crippen LogP contribution in [0, 0.1) is 5.92 Å². The zero-order valence-electron chi connectivity index (χ0n) is 15.9. The summed E-state index contributed by atoms with van der Waals surface area (Å²) in [6.45, 7) is 12.1. The van der Waals surface area contributed by atoms with Gasteiger partial charge in [0.05, 0.1) is 0 Å². The van der Waals surface area contributed by atoms with Crippen molar-refractivity contribution < 1.29 is 0 Å². The summed E-state index contributed by atoms with van der Waals surface area (Å²) in [5, 5.41) is 3.50. The fourth-order valence-electron chi connectivity index (χ4n) is 3.88. The Balaban J connectivity index is 0.00000225. The highest BCUT2D eigenvalue weighted by Crippen LogP contribution is 2.27. The zero-order chi connectivity index (χ0) is 16.9. The van der Waals surface area contributed by atoms with Gasteiger partial charge >= 0.3 is 0 Å². The fraction of sp³-hybridized carbons (Fsp3) is 0.650. The van der Waals surface area contributed by atoms with Crippen LogP contribution < -0.4 is 10.2 Å². The molecule has 1 fully saturated rings. The summed E-state index contributed by atoms with van der Waals surface area (Å²) in [6.07, 6.45) is 3.73. The van der Waals surface area contributed by atoms with Crippen molar-refractivity contribution in [3.8, 4) is 0 Å². The summed E-state index contributed by atoms with van der Waals surface area (Å²) in [4.78, 5) is 9.98. The van der Waals surface area contributed by atoms with Crippen molar-refractivity contribution in [2.24, 2.45) is 10.9 Å². The number of halogens is 1. The molecule has 1 unspecified atom stereocenters. The molecule has 0 spiro atoms. The topological polar surface area (TPSA) is 30.9 Å². The lowest BCUT2D eigenvalue weighted by molar-refractivity contribution is 0.143. The molecule has 4 nitrogen and oxygen atoms in total. The summed E-state index contributed by atoms with van der Waals surface area (Å²) < 4.78 is 0. The first-order chi connectivity index (χ1) is 11.7. The number of anilines is 1. The van der Waals surface area contributed by atoms with Gasteiger partial charge < -0.3 is 15.1 Å². The first-order valence-electron chi connectivity index (χ1n) is 9.56. The lowest BCUT2D eigenvalue weighted by Gasteiger charge is -2.35. The van der Waals surface area contributed by atoms with Gasteiger partial charge in [0.2, 0.25) is 0 Å². The maximum Gasteiger partial charge on any atom is 0.198 e. The van der Waals surface area contributed by atoms with E-state index in [1.165, 1.54) is 37.2 Å². The van der Waals surface area contributed by atoms with Crippen LogP contribution in [-0.4, -0.2) is 49.6 Å². The van der Waals surface area contributed by atoms with Crippen molar-refractivity contribution in [2.75, 3.05) is 37.6 Å². The molecular weight excluding hydrogens is 423 g/mol. The lowest BCUT2D eigenvalue weighted by Crippen LogP contribution is -2.43. The Kier molecular flexibility index (Phi) is 8.00. The molecule has 2 heterocycles. The van der Waals surface area contributed by atoms with Crippen molar-refractivity contribution in [2.45, 2.75) is 46.1 Å². The molecule has 2 aliphatic heterocycles. The number of likely N-dealkylation sites (tertiary alicyclic amines) is 1. The molecule has 0 radical (unpaired) electrons. The van der Waals surface area contributed by atoms with Crippen LogP contribution in [0.2, 0.25) is 0 Å². The lowest BCUT2D eigenvalue weighted by atomic mass is 9.97. The van der Waals surface area contributed by atoms with E-state index in [0.29, 0.717) is 12.0 Å². The molecule has 1 atom stereocenters. The van der Waals surface area contributed by atoms with Gasteiger partial charge in [0.1, 0.15) is 0 Å². The molecule has 1 aromatic carbocycles. The van der Waals surface area contributed by atoms with E-state index >= 15 is 0 Å². The minimum atomic E-state index is 0. The molecule has 25 heavy (non-hydrogen) atoms. The molecule has 0 amide bonds. The van der Waals surface area contributed by atoms with Gasteiger partial charge in [-0.3, -0.25) is 4.99 Å². The van der Waals surface area contributed by atoms with Crippen LogP contribution in [0.15, 0.2) is 29.3 Å². The number of fused-ring (bicyclic) bond motifs is 1. The van der Waals surface area contributed by atoms with Crippen molar-refractivity contribution in [3.05, 3.63) is 29.8 Å². The molecule has 5 heteroatoms. The summed E-state index contributed by atoms with van der Waals surface area (Å²) in [5.74, 6) is 1.75. The van der Waals surface area contributed by atoms with Crippen molar-refractivity contribution >= 4 is 35.6 Å². The SMILES string of the molecule is CCNC(=NCC1CCCN(C(C)C)C1)N1CCc2ccccc21.I. The van der Waals surface area contributed by atoms with Crippen molar-refractivity contribution in [3.63, 3.8) is 0 Å². The summed E-state index contributed by atoms with van der Waals surface area (Å²) >= 11 is 0. The maximum atomic E-state index is 5.02. The summed E-state index contributed by atoms with van der Waals surface area (Å²) in [5.41, 5.74) is 2.76. The van der Waals surface area contributed by atoms with E-state index in [2.05, 4.69) is 60.2 Å². The van der Waals surface area contributed by atoms with Gasteiger partial charge in [-0.25, -0.2) is 0 Å². The number of aliphatic imine (C=N–C) groups is 1. The Bertz CT molecular complexity index is 573. The Morgan fingerprint density at radius 3 is 2.84 bits per heavy atom. The monoisotopic (exact) mass is 456 g/mol. The molecule has 1 N–H and O–H groups in total. The van der Waals surface area contributed by atoms with Gasteiger partial charge in [-0.2, -0.15) is 0 Å². The second-order valence-corrected chi connectivity index (χ2v) is 7.32. The Labute approximate surface area is 170 Å². The third kappa shape index (κ3) is 5.09. The molecule has 0 bridgehead atoms. The smallest absolute Gasteiger partial charge is 0.198 e. The molecule has 0 saturated carbocycles. The second-order valence-electron chi connectivity index (χ2n) is 7.32. The average molecular weight is 456 g/mol. The summed E-state index contributed by atoms with van der Waals surface area (Å²) in [7, 11) is 0. The van der Waals surface area contributed by atoms with Crippen LogP contribution in [-0.2, 0) is 6.42 Å². The number of nitrogens with one attached hydrogen (secondary N) is 1. The molecular formula is C20H33IN4. The normalized spacial score (nSPS) is 21.2. The van der Waals surface area contributed by atoms with E-state index in [4.69, 9.17) is 4.99 Å². The standard InChI is InChI=1S/C20H32N4.HI/c1-4-21-20(24-13-11-18-9-5-6-10-19(18)24)22-14-17-8-7-12-23(15-17)16(2)3;/h5-6,9-10,16-17H,4,7-8,11-15H2,1-3H3,(H,21,22);1H. The quantitative estimate of drug-likeness (QED) is 0.426. The van der Waals surface area contributed by atoms with E-state index in [9.17, 15) is 0 Å². The van der Waals surface area contributed by atoms with Gasteiger partial charge in [0.25, 0.3) is 0 Å².